The summed E-state index contributed by atoms with van der Waals surface area (Å²) in [5.74, 6) is 0.896. The minimum atomic E-state index is 0.654. The average Bonchev–Trinajstić information content (AvgIpc) is 2.83. The van der Waals surface area contributed by atoms with Gasteiger partial charge in [-0.3, -0.25) is 0 Å². The fraction of sp³-hybridized carbons (Fsp3) is 0.125. The molecule has 1 aromatic heterocycles. The third kappa shape index (κ3) is 3.07. The molecule has 4 heteroatoms. The van der Waals surface area contributed by atoms with E-state index in [-0.39, 0.29) is 0 Å². The van der Waals surface area contributed by atoms with E-state index in [4.69, 9.17) is 4.74 Å². The molecule has 0 fully saturated rings. The number of fused-ring (bicyclic) bond motifs is 1. The van der Waals surface area contributed by atoms with E-state index in [1.165, 1.54) is 10.9 Å². The largest absolute Gasteiger partial charge is 0.492 e. The fourth-order valence-corrected chi connectivity index (χ4v) is 2.80. The number of nitrogens with zero attached hydrogens (tertiary/aromatic N) is 1. The Hall–Kier alpha value is -1.26. The van der Waals surface area contributed by atoms with E-state index < -0.39 is 0 Å². The topological polar surface area (TPSA) is 14.2 Å². The fourth-order valence-electron chi connectivity index (χ4n) is 2.16. The predicted octanol–water partition coefficient (Wildman–Crippen LogP) is 5.25. The Morgan fingerprint density at radius 1 is 0.900 bits per heavy atom. The van der Waals surface area contributed by atoms with Gasteiger partial charge >= 0.3 is 0 Å². The van der Waals surface area contributed by atoms with Crippen molar-refractivity contribution in [2.75, 3.05) is 6.61 Å². The number of rotatable bonds is 4. The summed E-state index contributed by atoms with van der Waals surface area (Å²) >= 11 is 6.91. The number of halogens is 2. The van der Waals surface area contributed by atoms with Crippen LogP contribution in [0.4, 0.5) is 0 Å². The first kappa shape index (κ1) is 13.7. The summed E-state index contributed by atoms with van der Waals surface area (Å²) in [5.41, 5.74) is 1.23. The number of hydrogen-bond donors (Lipinski definition) is 0. The van der Waals surface area contributed by atoms with Crippen LogP contribution in [0.5, 0.6) is 5.75 Å². The first-order valence-electron chi connectivity index (χ1n) is 6.35. The molecule has 0 amide bonds. The Kier molecular flexibility index (Phi) is 4.13. The highest BCUT2D eigenvalue weighted by Crippen LogP contribution is 2.21. The van der Waals surface area contributed by atoms with Gasteiger partial charge in [0.15, 0.2) is 0 Å². The number of benzene rings is 2. The summed E-state index contributed by atoms with van der Waals surface area (Å²) in [4.78, 5) is 0. The van der Waals surface area contributed by atoms with Gasteiger partial charge in [0, 0.05) is 26.0 Å². The van der Waals surface area contributed by atoms with Gasteiger partial charge in [0.05, 0.1) is 6.54 Å². The second-order valence-electron chi connectivity index (χ2n) is 4.51. The predicted molar refractivity (Wildman–Crippen MR) is 89.3 cm³/mol. The van der Waals surface area contributed by atoms with E-state index in [1.54, 1.807) is 0 Å². The van der Waals surface area contributed by atoms with Crippen LogP contribution in [-0.2, 0) is 6.54 Å². The van der Waals surface area contributed by atoms with Crippen LogP contribution in [0.3, 0.4) is 0 Å². The van der Waals surface area contributed by atoms with Gasteiger partial charge in [-0.1, -0.05) is 31.9 Å². The lowest BCUT2D eigenvalue weighted by molar-refractivity contribution is 0.300. The molecule has 3 rings (SSSR count). The second kappa shape index (κ2) is 6.02. The number of aromatic nitrogens is 1. The maximum absolute atomic E-state index is 5.76. The van der Waals surface area contributed by atoms with Gasteiger partial charge in [-0.05, 0) is 48.5 Å². The van der Waals surface area contributed by atoms with E-state index in [0.29, 0.717) is 6.61 Å². The molecule has 0 saturated heterocycles. The molecule has 0 saturated carbocycles. The summed E-state index contributed by atoms with van der Waals surface area (Å²) in [7, 11) is 0. The van der Waals surface area contributed by atoms with E-state index >= 15 is 0 Å². The SMILES string of the molecule is Brc1ccc(OCCn2ccc3cc(Br)ccc32)cc1. The zero-order valence-electron chi connectivity index (χ0n) is 10.7. The quantitative estimate of drug-likeness (QED) is 0.589. The van der Waals surface area contributed by atoms with Crippen LogP contribution < -0.4 is 4.74 Å². The maximum atomic E-state index is 5.76. The molecule has 3 aromatic rings. The minimum absolute atomic E-state index is 0.654. The zero-order valence-corrected chi connectivity index (χ0v) is 13.9. The zero-order chi connectivity index (χ0) is 13.9. The minimum Gasteiger partial charge on any atom is -0.492 e. The molecule has 0 aliphatic carbocycles. The van der Waals surface area contributed by atoms with Crippen molar-refractivity contribution in [3.05, 3.63) is 63.7 Å². The van der Waals surface area contributed by atoms with Crippen LogP contribution in [-0.4, -0.2) is 11.2 Å². The van der Waals surface area contributed by atoms with Crippen molar-refractivity contribution < 1.29 is 4.74 Å². The summed E-state index contributed by atoms with van der Waals surface area (Å²) in [5, 5.41) is 1.24. The normalized spacial score (nSPS) is 10.9. The van der Waals surface area contributed by atoms with Gasteiger partial charge in [0.1, 0.15) is 12.4 Å². The number of hydrogen-bond acceptors (Lipinski definition) is 1. The van der Waals surface area contributed by atoms with E-state index in [0.717, 1.165) is 21.2 Å². The standard InChI is InChI=1S/C16H13Br2NO/c17-13-1-4-15(5-2-13)20-10-9-19-8-7-12-11-14(18)3-6-16(12)19/h1-8,11H,9-10H2. The molecule has 0 N–H and O–H groups in total. The maximum Gasteiger partial charge on any atom is 0.119 e. The first-order chi connectivity index (χ1) is 9.72. The Morgan fingerprint density at radius 3 is 2.45 bits per heavy atom. The lowest BCUT2D eigenvalue weighted by Gasteiger charge is -2.08. The Morgan fingerprint density at radius 2 is 1.65 bits per heavy atom. The molecule has 0 unspecified atom stereocenters. The van der Waals surface area contributed by atoms with Crippen LogP contribution in [0.15, 0.2) is 63.7 Å². The molecular formula is C16H13Br2NO. The monoisotopic (exact) mass is 393 g/mol. The molecule has 0 atom stereocenters. The molecule has 102 valence electrons. The van der Waals surface area contributed by atoms with Crippen molar-refractivity contribution in [1.29, 1.82) is 0 Å². The highest BCUT2D eigenvalue weighted by molar-refractivity contribution is 9.10. The third-order valence-electron chi connectivity index (χ3n) is 3.15. The van der Waals surface area contributed by atoms with Gasteiger partial charge in [-0.2, -0.15) is 0 Å². The second-order valence-corrected chi connectivity index (χ2v) is 6.35. The van der Waals surface area contributed by atoms with Crippen molar-refractivity contribution in [3.8, 4) is 5.75 Å². The van der Waals surface area contributed by atoms with Crippen molar-refractivity contribution in [3.63, 3.8) is 0 Å². The van der Waals surface area contributed by atoms with Gasteiger partial charge in [0.2, 0.25) is 0 Å². The van der Waals surface area contributed by atoms with Crippen molar-refractivity contribution in [1.82, 2.24) is 4.57 Å². The summed E-state index contributed by atoms with van der Waals surface area (Å²) in [6.07, 6.45) is 2.10. The summed E-state index contributed by atoms with van der Waals surface area (Å²) in [6, 6.07) is 16.3. The molecule has 0 radical (unpaired) electrons. The van der Waals surface area contributed by atoms with Gasteiger partial charge in [-0.25, -0.2) is 0 Å². The van der Waals surface area contributed by atoms with Gasteiger partial charge < -0.3 is 9.30 Å². The molecule has 2 aromatic carbocycles. The molecule has 0 aliphatic rings. The molecule has 1 heterocycles. The van der Waals surface area contributed by atoms with Gasteiger partial charge in [-0.15, -0.1) is 0 Å². The smallest absolute Gasteiger partial charge is 0.119 e. The van der Waals surface area contributed by atoms with Crippen molar-refractivity contribution in [2.45, 2.75) is 6.54 Å². The van der Waals surface area contributed by atoms with Crippen LogP contribution in [0.1, 0.15) is 0 Å². The molecule has 0 bridgehead atoms. The Balaban J connectivity index is 1.66. The molecule has 2 nitrogen and oxygen atoms in total. The van der Waals surface area contributed by atoms with Crippen LogP contribution in [0, 0.1) is 0 Å². The average molecular weight is 395 g/mol. The van der Waals surface area contributed by atoms with E-state index in [2.05, 4.69) is 66.9 Å². The van der Waals surface area contributed by atoms with Crippen molar-refractivity contribution >= 4 is 42.8 Å². The van der Waals surface area contributed by atoms with Crippen LogP contribution in [0.2, 0.25) is 0 Å². The lowest BCUT2D eigenvalue weighted by atomic mass is 10.2. The van der Waals surface area contributed by atoms with E-state index in [9.17, 15) is 0 Å². The van der Waals surface area contributed by atoms with E-state index in [1.807, 2.05) is 24.3 Å². The summed E-state index contributed by atoms with van der Waals surface area (Å²) < 4.78 is 10.1. The first-order valence-corrected chi connectivity index (χ1v) is 7.94. The Bertz CT molecular complexity index is 719. The highest BCUT2D eigenvalue weighted by atomic mass is 79.9. The highest BCUT2D eigenvalue weighted by Gasteiger charge is 2.01. The third-order valence-corrected chi connectivity index (χ3v) is 4.17. The molecular weight excluding hydrogens is 382 g/mol. The van der Waals surface area contributed by atoms with Crippen molar-refractivity contribution in [2.24, 2.45) is 0 Å². The molecule has 20 heavy (non-hydrogen) atoms. The van der Waals surface area contributed by atoms with Gasteiger partial charge in [0.25, 0.3) is 0 Å². The molecule has 0 spiro atoms. The Labute approximate surface area is 134 Å². The number of ether oxygens (including phenoxy) is 1. The van der Waals surface area contributed by atoms with Crippen LogP contribution in [0.25, 0.3) is 10.9 Å². The summed E-state index contributed by atoms with van der Waals surface area (Å²) in [6.45, 7) is 1.49. The lowest BCUT2D eigenvalue weighted by Crippen LogP contribution is -2.07. The van der Waals surface area contributed by atoms with Crippen LogP contribution >= 0.6 is 31.9 Å². The molecule has 0 aliphatic heterocycles.